The molecule has 180 valence electrons. The number of rotatable bonds is 5. The van der Waals surface area contributed by atoms with Crippen LogP contribution in [0.15, 0.2) is 36.7 Å². The van der Waals surface area contributed by atoms with E-state index in [-0.39, 0.29) is 16.8 Å². The number of hydrogen-bond acceptors (Lipinski definition) is 5. The van der Waals surface area contributed by atoms with Crippen LogP contribution >= 0.6 is 11.6 Å². The number of carbonyl (C=O) groups excluding carboxylic acids is 1. The van der Waals surface area contributed by atoms with Crippen molar-refractivity contribution in [2.24, 2.45) is 5.92 Å². The van der Waals surface area contributed by atoms with Crippen LogP contribution in [0, 0.1) is 19.8 Å². The molecule has 7 nitrogen and oxygen atoms in total. The Morgan fingerprint density at radius 3 is 2.44 bits per heavy atom. The van der Waals surface area contributed by atoms with Crippen LogP contribution < -0.4 is 10.2 Å². The van der Waals surface area contributed by atoms with E-state index in [2.05, 4.69) is 20.4 Å². The minimum atomic E-state index is -4.49. The third kappa shape index (κ3) is 5.32. The summed E-state index contributed by atoms with van der Waals surface area (Å²) in [4.78, 5) is 22.8. The van der Waals surface area contributed by atoms with E-state index in [1.54, 1.807) is 10.9 Å². The van der Waals surface area contributed by atoms with Crippen molar-refractivity contribution in [2.45, 2.75) is 39.4 Å². The van der Waals surface area contributed by atoms with Crippen LogP contribution in [0.4, 0.5) is 19.0 Å². The van der Waals surface area contributed by atoms with Crippen molar-refractivity contribution in [2.75, 3.05) is 18.0 Å². The van der Waals surface area contributed by atoms with Crippen LogP contribution in [0.1, 0.15) is 35.4 Å². The second kappa shape index (κ2) is 9.61. The maximum atomic E-state index is 12.8. The molecule has 34 heavy (non-hydrogen) atoms. The number of aromatic nitrogens is 4. The molecule has 0 radical (unpaired) electrons. The first-order chi connectivity index (χ1) is 16.1. The van der Waals surface area contributed by atoms with Crippen molar-refractivity contribution in [1.29, 1.82) is 0 Å². The minimum absolute atomic E-state index is 0.0471. The predicted octanol–water partition coefficient (Wildman–Crippen LogP) is 4.48. The maximum absolute atomic E-state index is 12.8. The van der Waals surface area contributed by atoms with Gasteiger partial charge in [0.15, 0.2) is 5.82 Å². The lowest BCUT2D eigenvalue weighted by Crippen LogP contribution is -2.40. The Labute approximate surface area is 200 Å². The zero-order chi connectivity index (χ0) is 24.5. The van der Waals surface area contributed by atoms with Gasteiger partial charge in [-0.3, -0.25) is 4.79 Å². The highest BCUT2D eigenvalue weighted by atomic mass is 35.5. The second-order valence-electron chi connectivity index (χ2n) is 8.37. The van der Waals surface area contributed by atoms with E-state index in [4.69, 9.17) is 11.6 Å². The standard InChI is InChI=1S/C23H24ClF3N6O/c1-14-9-15(2)33(31-14)20-4-3-16(11-28-20)12-30-22(34)17-5-7-32(8-6-17)21-19(24)10-18(13-29-21)23(25,26)27/h3-4,9-11,13,17H,5-8,12H2,1-2H3,(H,30,34). The number of nitrogens with zero attached hydrogens (tertiary/aromatic N) is 5. The molecule has 4 rings (SSSR count). The fourth-order valence-electron chi connectivity index (χ4n) is 4.01. The number of halogens is 4. The third-order valence-electron chi connectivity index (χ3n) is 5.82. The number of anilines is 1. The van der Waals surface area contributed by atoms with Gasteiger partial charge in [-0.1, -0.05) is 17.7 Å². The van der Waals surface area contributed by atoms with E-state index in [1.807, 2.05) is 36.9 Å². The first-order valence-electron chi connectivity index (χ1n) is 10.9. The maximum Gasteiger partial charge on any atom is 0.417 e. The molecule has 0 aliphatic carbocycles. The van der Waals surface area contributed by atoms with Crippen molar-refractivity contribution in [3.63, 3.8) is 0 Å². The summed E-state index contributed by atoms with van der Waals surface area (Å²) in [7, 11) is 0. The van der Waals surface area contributed by atoms with E-state index in [0.717, 1.165) is 29.2 Å². The molecule has 1 aliphatic rings. The molecule has 1 saturated heterocycles. The average Bonchev–Trinajstić information content (AvgIpc) is 3.15. The van der Waals surface area contributed by atoms with Gasteiger partial charge in [0.2, 0.25) is 5.91 Å². The van der Waals surface area contributed by atoms with Gasteiger partial charge in [-0.05, 0) is 50.5 Å². The number of carbonyl (C=O) groups is 1. The SMILES string of the molecule is Cc1cc(C)n(-c2ccc(CNC(=O)C3CCN(c4ncc(C(F)(F)F)cc4Cl)CC3)cn2)n1. The fourth-order valence-corrected chi connectivity index (χ4v) is 4.30. The fraction of sp³-hybridized carbons (Fsp3) is 0.391. The summed E-state index contributed by atoms with van der Waals surface area (Å²) in [5, 5.41) is 7.31. The number of alkyl halides is 3. The Balaban J connectivity index is 1.29. The van der Waals surface area contributed by atoms with E-state index in [0.29, 0.717) is 44.1 Å². The lowest BCUT2D eigenvalue weighted by Gasteiger charge is -2.32. The molecule has 1 N–H and O–H groups in total. The zero-order valence-corrected chi connectivity index (χ0v) is 19.5. The molecule has 1 fully saturated rings. The highest BCUT2D eigenvalue weighted by Gasteiger charge is 2.33. The van der Waals surface area contributed by atoms with Crippen molar-refractivity contribution in [1.82, 2.24) is 25.1 Å². The van der Waals surface area contributed by atoms with Crippen molar-refractivity contribution >= 4 is 23.3 Å². The summed E-state index contributed by atoms with van der Waals surface area (Å²) in [6.45, 7) is 5.20. The molecule has 1 amide bonds. The summed E-state index contributed by atoms with van der Waals surface area (Å²) in [5.41, 5.74) is 1.90. The van der Waals surface area contributed by atoms with Crippen molar-refractivity contribution < 1.29 is 18.0 Å². The number of hydrogen-bond donors (Lipinski definition) is 1. The zero-order valence-electron chi connectivity index (χ0n) is 18.7. The Morgan fingerprint density at radius 1 is 1.15 bits per heavy atom. The van der Waals surface area contributed by atoms with Gasteiger partial charge in [0, 0.05) is 43.6 Å². The summed E-state index contributed by atoms with van der Waals surface area (Å²) in [6.07, 6.45) is -0.881. The number of piperidine rings is 1. The molecule has 0 spiro atoms. The number of amides is 1. The molecule has 0 bridgehead atoms. The molecule has 0 aromatic carbocycles. The summed E-state index contributed by atoms with van der Waals surface area (Å²) in [6, 6.07) is 6.62. The van der Waals surface area contributed by atoms with Crippen molar-refractivity contribution in [3.8, 4) is 5.82 Å². The molecule has 3 aromatic heterocycles. The van der Waals surface area contributed by atoms with Gasteiger partial charge in [0.1, 0.15) is 5.82 Å². The van der Waals surface area contributed by atoms with Crippen LogP contribution in [-0.4, -0.2) is 38.7 Å². The predicted molar refractivity (Wildman–Crippen MR) is 122 cm³/mol. The Hall–Kier alpha value is -3.14. The van der Waals surface area contributed by atoms with Gasteiger partial charge < -0.3 is 10.2 Å². The molecule has 1 aliphatic heterocycles. The Bertz CT molecular complexity index is 1170. The van der Waals surface area contributed by atoms with Gasteiger partial charge >= 0.3 is 6.18 Å². The van der Waals surface area contributed by atoms with Crippen molar-refractivity contribution in [3.05, 3.63) is 64.2 Å². The van der Waals surface area contributed by atoms with Gasteiger partial charge in [0.25, 0.3) is 0 Å². The smallest absolute Gasteiger partial charge is 0.355 e. The normalized spacial score (nSPS) is 14.9. The van der Waals surface area contributed by atoms with Crippen LogP contribution in [0.25, 0.3) is 5.82 Å². The van der Waals surface area contributed by atoms with E-state index in [9.17, 15) is 18.0 Å². The molecular weight excluding hydrogens is 469 g/mol. The highest BCUT2D eigenvalue weighted by molar-refractivity contribution is 6.33. The molecular formula is C23H24ClF3N6O. The largest absolute Gasteiger partial charge is 0.417 e. The van der Waals surface area contributed by atoms with Gasteiger partial charge in [0.05, 0.1) is 16.3 Å². The van der Waals surface area contributed by atoms with E-state index < -0.39 is 11.7 Å². The number of aryl methyl sites for hydroxylation is 2. The highest BCUT2D eigenvalue weighted by Crippen LogP contribution is 2.34. The quantitative estimate of drug-likeness (QED) is 0.568. The van der Waals surface area contributed by atoms with Gasteiger partial charge in [-0.25, -0.2) is 14.6 Å². The number of pyridine rings is 2. The minimum Gasteiger partial charge on any atom is -0.355 e. The van der Waals surface area contributed by atoms with Crippen LogP contribution in [0.3, 0.4) is 0 Å². The first-order valence-corrected chi connectivity index (χ1v) is 11.2. The molecule has 11 heteroatoms. The molecule has 0 unspecified atom stereocenters. The second-order valence-corrected chi connectivity index (χ2v) is 8.78. The van der Waals surface area contributed by atoms with Crippen LogP contribution in [0.5, 0.6) is 0 Å². The molecule has 4 heterocycles. The summed E-state index contributed by atoms with van der Waals surface area (Å²) < 4.78 is 40.2. The topological polar surface area (TPSA) is 75.9 Å². The Kier molecular flexibility index (Phi) is 6.79. The molecule has 0 atom stereocenters. The third-order valence-corrected chi connectivity index (χ3v) is 6.09. The molecule has 3 aromatic rings. The van der Waals surface area contributed by atoms with Crippen LogP contribution in [-0.2, 0) is 17.5 Å². The monoisotopic (exact) mass is 492 g/mol. The first kappa shape index (κ1) is 24.0. The lowest BCUT2D eigenvalue weighted by molar-refractivity contribution is -0.137. The lowest BCUT2D eigenvalue weighted by atomic mass is 9.96. The summed E-state index contributed by atoms with van der Waals surface area (Å²) in [5.74, 6) is 0.769. The van der Waals surface area contributed by atoms with Gasteiger partial charge in [-0.2, -0.15) is 18.3 Å². The van der Waals surface area contributed by atoms with E-state index in [1.165, 1.54) is 0 Å². The van der Waals surface area contributed by atoms with Crippen LogP contribution in [0.2, 0.25) is 5.02 Å². The summed E-state index contributed by atoms with van der Waals surface area (Å²) >= 11 is 6.05. The van der Waals surface area contributed by atoms with Gasteiger partial charge in [-0.15, -0.1) is 0 Å². The Morgan fingerprint density at radius 2 is 1.88 bits per heavy atom. The number of nitrogens with one attached hydrogen (secondary N) is 1. The van der Waals surface area contributed by atoms with E-state index >= 15 is 0 Å². The molecule has 0 saturated carbocycles. The average molecular weight is 493 g/mol.